The lowest BCUT2D eigenvalue weighted by Crippen LogP contribution is -2.17. The summed E-state index contributed by atoms with van der Waals surface area (Å²) in [6.07, 6.45) is 0.733. The molecule has 0 radical (unpaired) electrons. The van der Waals surface area contributed by atoms with Crippen LogP contribution in [0.25, 0.3) is 0 Å². The molecule has 0 fully saturated rings. The summed E-state index contributed by atoms with van der Waals surface area (Å²) in [6, 6.07) is 8.93. The molecule has 84 valence electrons. The van der Waals surface area contributed by atoms with E-state index < -0.39 is 0 Å². The molecule has 1 aromatic carbocycles. The van der Waals surface area contributed by atoms with Crippen molar-refractivity contribution in [2.24, 2.45) is 0 Å². The minimum Gasteiger partial charge on any atom is -0.285 e. The molecule has 0 amide bonds. The number of aromatic amines is 1. The van der Waals surface area contributed by atoms with Crippen molar-refractivity contribution in [3.63, 3.8) is 0 Å². The van der Waals surface area contributed by atoms with Crippen molar-refractivity contribution < 1.29 is 0 Å². The highest BCUT2D eigenvalue weighted by Crippen LogP contribution is 2.11. The van der Waals surface area contributed by atoms with E-state index in [1.165, 1.54) is 10.7 Å². The third-order valence-corrected chi connectivity index (χ3v) is 2.70. The zero-order chi connectivity index (χ0) is 11.5. The number of nitrogens with zero attached hydrogens (tertiary/aromatic N) is 1. The van der Waals surface area contributed by atoms with E-state index in [9.17, 15) is 4.79 Å². The summed E-state index contributed by atoms with van der Waals surface area (Å²) in [7, 11) is 0. The van der Waals surface area contributed by atoms with Gasteiger partial charge in [-0.1, -0.05) is 35.3 Å². The predicted octanol–water partition coefficient (Wildman–Crippen LogP) is 2.73. The Labute approximate surface area is 103 Å². The van der Waals surface area contributed by atoms with Gasteiger partial charge >= 0.3 is 0 Å². The summed E-state index contributed by atoms with van der Waals surface area (Å²) >= 11 is 11.5. The van der Waals surface area contributed by atoms with E-state index in [4.69, 9.17) is 23.2 Å². The molecular weight excluding hydrogens is 247 g/mol. The van der Waals surface area contributed by atoms with E-state index in [0.717, 1.165) is 12.0 Å². The summed E-state index contributed by atoms with van der Waals surface area (Å²) < 4.78 is 1.48. The average Bonchev–Trinajstić information content (AvgIpc) is 2.54. The molecule has 0 saturated heterocycles. The van der Waals surface area contributed by atoms with Gasteiger partial charge in [-0.15, -0.1) is 0 Å². The van der Waals surface area contributed by atoms with Crippen LogP contribution in [0.15, 0.2) is 35.1 Å². The molecule has 2 rings (SSSR count). The molecular formula is C11H10Cl2N2O. The summed E-state index contributed by atoms with van der Waals surface area (Å²) in [6.45, 7) is 0.561. The number of hydrogen-bond acceptors (Lipinski definition) is 1. The number of aryl methyl sites for hydroxylation is 2. The Bertz CT molecular complexity index is 545. The SMILES string of the molecule is O=c1cc(Cl)[nH]n1CCc1cccc(Cl)c1. The van der Waals surface area contributed by atoms with Crippen LogP contribution in [0.1, 0.15) is 5.56 Å². The predicted molar refractivity (Wildman–Crippen MR) is 65.2 cm³/mol. The molecule has 0 spiro atoms. The molecule has 0 aliphatic heterocycles. The largest absolute Gasteiger partial charge is 0.285 e. The first-order chi connectivity index (χ1) is 7.65. The number of H-pyrrole nitrogens is 1. The van der Waals surface area contributed by atoms with Gasteiger partial charge in [0.1, 0.15) is 5.15 Å². The van der Waals surface area contributed by atoms with Crippen LogP contribution in [-0.2, 0) is 13.0 Å². The Morgan fingerprint density at radius 3 is 2.69 bits per heavy atom. The summed E-state index contributed by atoms with van der Waals surface area (Å²) in [4.78, 5) is 11.3. The second kappa shape index (κ2) is 4.76. The second-order valence-corrected chi connectivity index (χ2v) is 4.32. The topological polar surface area (TPSA) is 37.8 Å². The van der Waals surface area contributed by atoms with Crippen LogP contribution in [0.4, 0.5) is 0 Å². The maximum absolute atomic E-state index is 11.3. The van der Waals surface area contributed by atoms with Crippen molar-refractivity contribution in [3.8, 4) is 0 Å². The van der Waals surface area contributed by atoms with Gasteiger partial charge in [0.05, 0.1) is 0 Å². The van der Waals surface area contributed by atoms with Crippen molar-refractivity contribution in [2.75, 3.05) is 0 Å². The number of halogens is 2. The van der Waals surface area contributed by atoms with Crippen LogP contribution in [-0.4, -0.2) is 9.78 Å². The van der Waals surface area contributed by atoms with Crippen molar-refractivity contribution in [3.05, 3.63) is 56.4 Å². The summed E-state index contributed by atoms with van der Waals surface area (Å²) in [5.74, 6) is 0. The monoisotopic (exact) mass is 256 g/mol. The molecule has 0 unspecified atom stereocenters. The molecule has 5 heteroatoms. The highest BCUT2D eigenvalue weighted by molar-refractivity contribution is 6.30. The fraction of sp³-hybridized carbons (Fsp3) is 0.182. The lowest BCUT2D eigenvalue weighted by atomic mass is 10.1. The van der Waals surface area contributed by atoms with Crippen molar-refractivity contribution in [1.82, 2.24) is 9.78 Å². The van der Waals surface area contributed by atoms with Crippen molar-refractivity contribution >= 4 is 23.2 Å². The van der Waals surface area contributed by atoms with Crippen LogP contribution in [0, 0.1) is 0 Å². The molecule has 1 N–H and O–H groups in total. The highest BCUT2D eigenvalue weighted by atomic mass is 35.5. The Hall–Kier alpha value is -1.19. The first-order valence-electron chi connectivity index (χ1n) is 4.85. The van der Waals surface area contributed by atoms with Gasteiger partial charge in [0.2, 0.25) is 0 Å². The summed E-state index contributed by atoms with van der Waals surface area (Å²) in [5.41, 5.74) is 0.970. The average molecular weight is 257 g/mol. The normalized spacial score (nSPS) is 10.6. The molecule has 0 atom stereocenters. The minimum absolute atomic E-state index is 0.118. The third-order valence-electron chi connectivity index (χ3n) is 2.27. The molecule has 0 aliphatic rings. The molecule has 3 nitrogen and oxygen atoms in total. The molecule has 0 aliphatic carbocycles. The van der Waals surface area contributed by atoms with E-state index >= 15 is 0 Å². The maximum atomic E-state index is 11.3. The third kappa shape index (κ3) is 2.68. The Kier molecular flexibility index (Phi) is 3.36. The van der Waals surface area contributed by atoms with Gasteiger partial charge in [0, 0.05) is 17.6 Å². The van der Waals surface area contributed by atoms with Crippen LogP contribution >= 0.6 is 23.2 Å². The van der Waals surface area contributed by atoms with Gasteiger partial charge in [-0.3, -0.25) is 14.6 Å². The van der Waals surface area contributed by atoms with Gasteiger partial charge < -0.3 is 0 Å². The fourth-order valence-corrected chi connectivity index (χ4v) is 1.91. The van der Waals surface area contributed by atoms with Crippen LogP contribution in [0.2, 0.25) is 10.2 Å². The van der Waals surface area contributed by atoms with Crippen LogP contribution in [0.3, 0.4) is 0 Å². The fourth-order valence-electron chi connectivity index (χ4n) is 1.50. The van der Waals surface area contributed by atoms with E-state index in [1.807, 2.05) is 24.3 Å². The van der Waals surface area contributed by atoms with Gasteiger partial charge in [-0.25, -0.2) is 0 Å². The number of rotatable bonds is 3. The van der Waals surface area contributed by atoms with E-state index in [2.05, 4.69) is 5.10 Å². The Morgan fingerprint density at radius 1 is 1.25 bits per heavy atom. The lowest BCUT2D eigenvalue weighted by molar-refractivity contribution is 0.597. The van der Waals surface area contributed by atoms with Gasteiger partial charge in [-0.05, 0) is 24.1 Å². The molecule has 0 saturated carbocycles. The first kappa shape index (κ1) is 11.3. The van der Waals surface area contributed by atoms with E-state index in [1.54, 1.807) is 0 Å². The molecule has 16 heavy (non-hydrogen) atoms. The molecule has 2 aromatic rings. The highest BCUT2D eigenvalue weighted by Gasteiger charge is 2.01. The second-order valence-electron chi connectivity index (χ2n) is 3.47. The Balaban J connectivity index is 2.08. The molecule has 1 heterocycles. The van der Waals surface area contributed by atoms with Gasteiger partial charge in [-0.2, -0.15) is 0 Å². The maximum Gasteiger partial charge on any atom is 0.268 e. The number of aromatic nitrogens is 2. The zero-order valence-electron chi connectivity index (χ0n) is 8.41. The lowest BCUT2D eigenvalue weighted by Gasteiger charge is -2.02. The van der Waals surface area contributed by atoms with Crippen molar-refractivity contribution in [2.45, 2.75) is 13.0 Å². The zero-order valence-corrected chi connectivity index (χ0v) is 9.92. The minimum atomic E-state index is -0.118. The number of benzene rings is 1. The summed E-state index contributed by atoms with van der Waals surface area (Å²) in [5, 5.41) is 3.83. The van der Waals surface area contributed by atoms with Crippen LogP contribution < -0.4 is 5.56 Å². The van der Waals surface area contributed by atoms with Crippen molar-refractivity contribution in [1.29, 1.82) is 0 Å². The van der Waals surface area contributed by atoms with Crippen LogP contribution in [0.5, 0.6) is 0 Å². The smallest absolute Gasteiger partial charge is 0.268 e. The van der Waals surface area contributed by atoms with E-state index in [-0.39, 0.29) is 5.56 Å². The van der Waals surface area contributed by atoms with E-state index in [0.29, 0.717) is 16.7 Å². The Morgan fingerprint density at radius 2 is 2.06 bits per heavy atom. The standard InChI is InChI=1S/C11H10Cl2N2O/c12-9-3-1-2-8(6-9)4-5-15-11(16)7-10(13)14-15/h1-3,6-7,14H,4-5H2. The van der Waals surface area contributed by atoms with Gasteiger partial charge in [0.15, 0.2) is 0 Å². The molecule has 0 bridgehead atoms. The molecule has 1 aromatic heterocycles. The first-order valence-corrected chi connectivity index (χ1v) is 5.60. The number of hydrogen-bond donors (Lipinski definition) is 1. The van der Waals surface area contributed by atoms with Gasteiger partial charge in [0.25, 0.3) is 5.56 Å². The number of nitrogens with one attached hydrogen (secondary N) is 1. The quantitative estimate of drug-likeness (QED) is 0.901.